The maximum absolute atomic E-state index is 6.00. The summed E-state index contributed by atoms with van der Waals surface area (Å²) in [5.41, 5.74) is 0. The Bertz CT molecular complexity index is 505. The van der Waals surface area contributed by atoms with E-state index < -0.39 is 0 Å². The average molecular weight is 264 g/mol. The van der Waals surface area contributed by atoms with Crippen molar-refractivity contribution in [3.05, 3.63) is 41.6 Å². The van der Waals surface area contributed by atoms with E-state index in [1.54, 1.807) is 0 Å². The molecule has 0 saturated carbocycles. The third kappa shape index (κ3) is 3.34. The molecule has 2 rings (SSSR count). The summed E-state index contributed by atoms with van der Waals surface area (Å²) in [6, 6.07) is 9.39. The summed E-state index contributed by atoms with van der Waals surface area (Å²) in [7, 11) is 0. The summed E-state index contributed by atoms with van der Waals surface area (Å²) in [6.45, 7) is 2.89. The fraction of sp³-hybridized carbons (Fsp3) is 0.231. The Kier molecular flexibility index (Phi) is 4.36. The lowest BCUT2D eigenvalue weighted by Crippen LogP contribution is -2.04. The first kappa shape index (κ1) is 12.6. The van der Waals surface area contributed by atoms with Crippen molar-refractivity contribution in [3.8, 4) is 11.6 Å². The number of nitrogens with zero attached hydrogens (tertiary/aromatic N) is 2. The van der Waals surface area contributed by atoms with Gasteiger partial charge in [-0.25, -0.2) is 4.98 Å². The van der Waals surface area contributed by atoms with Crippen LogP contribution in [0.3, 0.4) is 0 Å². The van der Waals surface area contributed by atoms with E-state index in [2.05, 4.69) is 22.2 Å². The van der Waals surface area contributed by atoms with Crippen molar-refractivity contribution in [1.82, 2.24) is 9.97 Å². The monoisotopic (exact) mass is 263 g/mol. The second kappa shape index (κ2) is 6.21. The van der Waals surface area contributed by atoms with Crippen LogP contribution in [0.4, 0.5) is 5.95 Å². The van der Waals surface area contributed by atoms with E-state index in [1.165, 1.54) is 6.20 Å². The molecule has 1 aromatic carbocycles. The third-order valence-electron chi connectivity index (χ3n) is 2.20. The average Bonchev–Trinajstić information content (AvgIpc) is 2.41. The molecule has 0 aliphatic rings. The second-order valence-electron chi connectivity index (χ2n) is 3.69. The van der Waals surface area contributed by atoms with E-state index in [9.17, 15) is 0 Å². The van der Waals surface area contributed by atoms with Crippen LogP contribution in [0.2, 0.25) is 5.02 Å². The number of rotatable bonds is 5. The molecule has 94 valence electrons. The highest BCUT2D eigenvalue weighted by molar-refractivity contribution is 6.31. The number of nitrogens with one attached hydrogen (secondary N) is 1. The van der Waals surface area contributed by atoms with Crippen LogP contribution >= 0.6 is 11.6 Å². The lowest BCUT2D eigenvalue weighted by Gasteiger charge is -2.08. The minimum Gasteiger partial charge on any atom is -0.437 e. The Labute approximate surface area is 111 Å². The highest BCUT2D eigenvalue weighted by Crippen LogP contribution is 2.27. The van der Waals surface area contributed by atoms with E-state index >= 15 is 0 Å². The van der Waals surface area contributed by atoms with E-state index in [4.69, 9.17) is 16.3 Å². The largest absolute Gasteiger partial charge is 0.437 e. The first-order chi connectivity index (χ1) is 8.79. The van der Waals surface area contributed by atoms with Crippen molar-refractivity contribution in [3.63, 3.8) is 0 Å². The summed E-state index contributed by atoms with van der Waals surface area (Å²) in [4.78, 5) is 8.31. The number of hydrogen-bond donors (Lipinski definition) is 1. The quantitative estimate of drug-likeness (QED) is 0.893. The number of para-hydroxylation sites is 1. The lowest BCUT2D eigenvalue weighted by molar-refractivity contribution is 0.462. The fourth-order valence-electron chi connectivity index (χ4n) is 1.35. The van der Waals surface area contributed by atoms with Crippen molar-refractivity contribution in [2.24, 2.45) is 0 Å². The van der Waals surface area contributed by atoms with Gasteiger partial charge >= 0.3 is 0 Å². The molecular formula is C13H14ClN3O. The van der Waals surface area contributed by atoms with Crippen LogP contribution in [0.15, 0.2) is 36.5 Å². The second-order valence-corrected chi connectivity index (χ2v) is 4.10. The fourth-order valence-corrected chi connectivity index (χ4v) is 1.47. The predicted molar refractivity (Wildman–Crippen MR) is 72.3 cm³/mol. The topological polar surface area (TPSA) is 47.0 Å². The standard InChI is InChI=1S/C13H14ClN3O/c1-2-8-15-13-16-9-11(14)12(17-13)18-10-6-4-3-5-7-10/h3-7,9H,2,8H2,1H3,(H,15,16,17). The number of benzene rings is 1. The summed E-state index contributed by atoms with van der Waals surface area (Å²) in [5.74, 6) is 1.57. The van der Waals surface area contributed by atoms with Gasteiger partial charge < -0.3 is 10.1 Å². The zero-order chi connectivity index (χ0) is 12.8. The van der Waals surface area contributed by atoms with Crippen LogP contribution in [-0.4, -0.2) is 16.5 Å². The van der Waals surface area contributed by atoms with Gasteiger partial charge in [-0.2, -0.15) is 4.98 Å². The molecule has 1 aromatic heterocycles. The molecular weight excluding hydrogens is 250 g/mol. The Hall–Kier alpha value is -1.81. The number of ether oxygens (including phenoxy) is 1. The van der Waals surface area contributed by atoms with Crippen LogP contribution < -0.4 is 10.1 Å². The smallest absolute Gasteiger partial charge is 0.243 e. The highest BCUT2D eigenvalue weighted by atomic mass is 35.5. The van der Waals surface area contributed by atoms with Crippen molar-refractivity contribution < 1.29 is 4.74 Å². The minimum absolute atomic E-state index is 0.358. The van der Waals surface area contributed by atoms with Gasteiger partial charge in [-0.15, -0.1) is 0 Å². The molecule has 0 unspecified atom stereocenters. The van der Waals surface area contributed by atoms with Gasteiger partial charge in [0.1, 0.15) is 10.8 Å². The molecule has 0 saturated heterocycles. The van der Waals surface area contributed by atoms with E-state index in [-0.39, 0.29) is 0 Å². The zero-order valence-electron chi connectivity index (χ0n) is 10.1. The van der Waals surface area contributed by atoms with Crippen LogP contribution in [0.5, 0.6) is 11.6 Å². The molecule has 0 aliphatic carbocycles. The molecule has 5 heteroatoms. The Morgan fingerprint density at radius 2 is 2.06 bits per heavy atom. The van der Waals surface area contributed by atoms with Crippen molar-refractivity contribution >= 4 is 17.5 Å². The lowest BCUT2D eigenvalue weighted by atomic mass is 10.3. The van der Waals surface area contributed by atoms with Crippen LogP contribution in [0.25, 0.3) is 0 Å². The van der Waals surface area contributed by atoms with Crippen LogP contribution in [0, 0.1) is 0 Å². The molecule has 1 N–H and O–H groups in total. The van der Waals surface area contributed by atoms with Crippen molar-refractivity contribution in [1.29, 1.82) is 0 Å². The van der Waals surface area contributed by atoms with Crippen molar-refractivity contribution in [2.45, 2.75) is 13.3 Å². The third-order valence-corrected chi connectivity index (χ3v) is 2.46. The molecule has 0 fully saturated rings. The maximum Gasteiger partial charge on any atom is 0.243 e. The molecule has 2 aromatic rings. The summed E-state index contributed by atoms with van der Waals surface area (Å²) in [5, 5.41) is 3.48. The number of hydrogen-bond acceptors (Lipinski definition) is 4. The maximum atomic E-state index is 6.00. The molecule has 0 aliphatic heterocycles. The Morgan fingerprint density at radius 3 is 2.78 bits per heavy atom. The van der Waals surface area contributed by atoms with Gasteiger partial charge in [0.05, 0.1) is 6.20 Å². The molecule has 0 bridgehead atoms. The minimum atomic E-state index is 0.358. The van der Waals surface area contributed by atoms with Gasteiger partial charge in [-0.05, 0) is 18.6 Å². The Balaban J connectivity index is 2.16. The van der Waals surface area contributed by atoms with Gasteiger partial charge in [-0.1, -0.05) is 36.7 Å². The molecule has 0 radical (unpaired) electrons. The Morgan fingerprint density at radius 1 is 1.28 bits per heavy atom. The van der Waals surface area contributed by atoms with Crippen LogP contribution in [0.1, 0.15) is 13.3 Å². The summed E-state index contributed by atoms with van der Waals surface area (Å²) < 4.78 is 5.61. The predicted octanol–water partition coefficient (Wildman–Crippen LogP) is 3.74. The van der Waals surface area contributed by atoms with Crippen LogP contribution in [-0.2, 0) is 0 Å². The molecule has 1 heterocycles. The molecule has 4 nitrogen and oxygen atoms in total. The van der Waals surface area contributed by atoms with E-state index in [1.807, 2.05) is 30.3 Å². The van der Waals surface area contributed by atoms with Gasteiger partial charge in [0.15, 0.2) is 0 Å². The normalized spacial score (nSPS) is 10.1. The zero-order valence-corrected chi connectivity index (χ0v) is 10.8. The highest BCUT2D eigenvalue weighted by Gasteiger charge is 2.07. The first-order valence-corrected chi connectivity index (χ1v) is 6.16. The SMILES string of the molecule is CCCNc1ncc(Cl)c(Oc2ccccc2)n1. The number of aromatic nitrogens is 2. The van der Waals surface area contributed by atoms with Gasteiger partial charge in [0, 0.05) is 6.54 Å². The van der Waals surface area contributed by atoms with Gasteiger partial charge in [0.25, 0.3) is 0 Å². The summed E-state index contributed by atoms with van der Waals surface area (Å²) >= 11 is 6.00. The molecule has 0 spiro atoms. The van der Waals surface area contributed by atoms with Gasteiger partial charge in [-0.3, -0.25) is 0 Å². The first-order valence-electron chi connectivity index (χ1n) is 5.79. The van der Waals surface area contributed by atoms with Gasteiger partial charge in [0.2, 0.25) is 11.8 Å². The molecule has 0 amide bonds. The van der Waals surface area contributed by atoms with E-state index in [0.717, 1.165) is 13.0 Å². The summed E-state index contributed by atoms with van der Waals surface area (Å²) in [6.07, 6.45) is 2.53. The number of halogens is 1. The molecule has 18 heavy (non-hydrogen) atoms. The van der Waals surface area contributed by atoms with E-state index in [0.29, 0.717) is 22.6 Å². The molecule has 0 atom stereocenters. The van der Waals surface area contributed by atoms with Crippen molar-refractivity contribution in [2.75, 3.05) is 11.9 Å². The number of anilines is 1.